The molecule has 3 rings (SSSR count). The number of nitrogens with one attached hydrogen (secondary N) is 2. The Morgan fingerprint density at radius 2 is 1.56 bits per heavy atom. The van der Waals surface area contributed by atoms with Gasteiger partial charge in [-0.15, -0.1) is 0 Å². The number of benzene rings is 3. The van der Waals surface area contributed by atoms with E-state index in [-0.39, 0.29) is 10.8 Å². The van der Waals surface area contributed by atoms with Crippen molar-refractivity contribution in [2.45, 2.75) is 11.3 Å². The Morgan fingerprint density at radius 3 is 2.28 bits per heavy atom. The zero-order chi connectivity index (χ0) is 22.8. The molecule has 0 aromatic heterocycles. The number of anilines is 1. The first-order valence-electron chi connectivity index (χ1n) is 10.2. The molecule has 0 saturated carbocycles. The predicted molar refractivity (Wildman–Crippen MR) is 124 cm³/mol. The third kappa shape index (κ3) is 6.65. The van der Waals surface area contributed by atoms with Crippen LogP contribution in [0.1, 0.15) is 15.9 Å². The molecule has 0 bridgehead atoms. The minimum atomic E-state index is -3.64. The number of para-hydroxylation sites is 1. The van der Waals surface area contributed by atoms with Crippen LogP contribution in [-0.2, 0) is 21.2 Å². The number of carbonyl (C=O) groups is 1. The number of rotatable bonds is 11. The molecule has 168 valence electrons. The van der Waals surface area contributed by atoms with Crippen molar-refractivity contribution in [2.75, 3.05) is 32.2 Å². The molecular weight excluding hydrogens is 428 g/mol. The van der Waals surface area contributed by atoms with E-state index in [0.717, 1.165) is 5.56 Å². The van der Waals surface area contributed by atoms with Crippen LogP contribution in [0.4, 0.5) is 5.69 Å². The van der Waals surface area contributed by atoms with Crippen LogP contribution in [0.2, 0.25) is 0 Å². The summed E-state index contributed by atoms with van der Waals surface area (Å²) in [5.74, 6) is 0.0958. The Kier molecular flexibility index (Phi) is 8.38. The van der Waals surface area contributed by atoms with Crippen molar-refractivity contribution in [2.24, 2.45) is 0 Å². The molecule has 7 nitrogen and oxygen atoms in total. The van der Waals surface area contributed by atoms with Crippen LogP contribution >= 0.6 is 0 Å². The topological polar surface area (TPSA) is 93.7 Å². The number of hydrogen-bond acceptors (Lipinski definition) is 5. The largest absolute Gasteiger partial charge is 0.490 e. The van der Waals surface area contributed by atoms with Crippen molar-refractivity contribution in [3.63, 3.8) is 0 Å². The fourth-order valence-electron chi connectivity index (χ4n) is 2.99. The summed E-state index contributed by atoms with van der Waals surface area (Å²) in [5.41, 5.74) is 1.91. The van der Waals surface area contributed by atoms with Gasteiger partial charge in [-0.25, -0.2) is 13.1 Å². The molecule has 0 aliphatic carbocycles. The minimum Gasteiger partial charge on any atom is -0.490 e. The Bertz CT molecular complexity index is 1120. The van der Waals surface area contributed by atoms with E-state index in [9.17, 15) is 13.2 Å². The van der Waals surface area contributed by atoms with Gasteiger partial charge in [0.05, 0.1) is 17.1 Å². The maximum absolute atomic E-state index is 12.7. The quantitative estimate of drug-likeness (QED) is 0.433. The molecule has 0 saturated heterocycles. The van der Waals surface area contributed by atoms with E-state index in [1.165, 1.54) is 12.1 Å². The third-order valence-corrected chi connectivity index (χ3v) is 6.12. The van der Waals surface area contributed by atoms with Gasteiger partial charge in [0, 0.05) is 19.3 Å². The first kappa shape index (κ1) is 23.5. The molecule has 2 N–H and O–H groups in total. The number of methoxy groups -OCH3 is 1. The SMILES string of the molecule is COCCOc1ccccc1C(=O)Nc1ccc(S(=O)(=O)NCCc2ccccc2)cc1. The van der Waals surface area contributed by atoms with Gasteiger partial charge >= 0.3 is 0 Å². The molecule has 0 atom stereocenters. The van der Waals surface area contributed by atoms with Crippen LogP contribution < -0.4 is 14.8 Å². The van der Waals surface area contributed by atoms with Crippen molar-refractivity contribution in [1.82, 2.24) is 4.72 Å². The van der Waals surface area contributed by atoms with Crippen LogP contribution in [0.3, 0.4) is 0 Å². The van der Waals surface area contributed by atoms with E-state index in [4.69, 9.17) is 9.47 Å². The van der Waals surface area contributed by atoms with Crippen molar-refractivity contribution >= 4 is 21.6 Å². The van der Waals surface area contributed by atoms with Gasteiger partial charge in [-0.2, -0.15) is 0 Å². The zero-order valence-electron chi connectivity index (χ0n) is 17.8. The van der Waals surface area contributed by atoms with Crippen LogP contribution in [0.15, 0.2) is 83.8 Å². The standard InChI is InChI=1S/C24H26N2O5S/c1-30-17-18-31-23-10-6-5-9-22(23)24(27)26-20-11-13-21(14-12-20)32(28,29)25-16-15-19-7-3-2-4-8-19/h2-14,25H,15-18H2,1H3,(H,26,27). The highest BCUT2D eigenvalue weighted by molar-refractivity contribution is 7.89. The number of amides is 1. The number of sulfonamides is 1. The summed E-state index contributed by atoms with van der Waals surface area (Å²) in [6.07, 6.45) is 0.597. The Morgan fingerprint density at radius 1 is 0.875 bits per heavy atom. The molecular formula is C24H26N2O5S. The third-order valence-electron chi connectivity index (χ3n) is 4.65. The van der Waals surface area contributed by atoms with Crippen molar-refractivity contribution in [1.29, 1.82) is 0 Å². The number of ether oxygens (including phenoxy) is 2. The molecule has 3 aromatic rings. The molecule has 0 radical (unpaired) electrons. The molecule has 1 amide bonds. The minimum absolute atomic E-state index is 0.131. The Labute approximate surface area is 188 Å². The van der Waals surface area contributed by atoms with Gasteiger partial charge in [0.1, 0.15) is 12.4 Å². The normalized spacial score (nSPS) is 11.2. The van der Waals surface area contributed by atoms with Gasteiger partial charge in [-0.1, -0.05) is 42.5 Å². The molecule has 0 aliphatic heterocycles. The van der Waals surface area contributed by atoms with Crippen LogP contribution in [0, 0.1) is 0 Å². The van der Waals surface area contributed by atoms with Gasteiger partial charge in [0.25, 0.3) is 5.91 Å². The first-order chi connectivity index (χ1) is 15.5. The van der Waals surface area contributed by atoms with E-state index in [1.807, 2.05) is 30.3 Å². The molecule has 0 spiro atoms. The number of carbonyl (C=O) groups excluding carboxylic acids is 1. The molecule has 32 heavy (non-hydrogen) atoms. The average Bonchev–Trinajstić information content (AvgIpc) is 2.80. The molecule has 0 unspecified atom stereocenters. The van der Waals surface area contributed by atoms with Crippen molar-refractivity contribution in [3.8, 4) is 5.75 Å². The summed E-state index contributed by atoms with van der Waals surface area (Å²) in [6, 6.07) is 22.6. The van der Waals surface area contributed by atoms with Gasteiger partial charge in [-0.3, -0.25) is 4.79 Å². The van der Waals surface area contributed by atoms with E-state index >= 15 is 0 Å². The van der Waals surface area contributed by atoms with Gasteiger partial charge in [0.2, 0.25) is 10.0 Å². The highest BCUT2D eigenvalue weighted by atomic mass is 32.2. The van der Waals surface area contributed by atoms with E-state index < -0.39 is 10.0 Å². The van der Waals surface area contributed by atoms with Gasteiger partial charge in [-0.05, 0) is 48.4 Å². The van der Waals surface area contributed by atoms with Gasteiger partial charge < -0.3 is 14.8 Å². The highest BCUT2D eigenvalue weighted by Crippen LogP contribution is 2.21. The average molecular weight is 455 g/mol. The molecule has 0 fully saturated rings. The molecule has 3 aromatic carbocycles. The maximum Gasteiger partial charge on any atom is 0.259 e. The molecule has 0 heterocycles. The monoisotopic (exact) mass is 454 g/mol. The zero-order valence-corrected chi connectivity index (χ0v) is 18.6. The predicted octanol–water partition coefficient (Wildman–Crippen LogP) is 3.49. The Hall–Kier alpha value is -3.20. The Balaban J connectivity index is 1.60. The lowest BCUT2D eigenvalue weighted by Crippen LogP contribution is -2.26. The second-order valence-electron chi connectivity index (χ2n) is 6.95. The summed E-state index contributed by atoms with van der Waals surface area (Å²) in [7, 11) is -2.07. The van der Waals surface area contributed by atoms with Crippen LogP contribution in [0.5, 0.6) is 5.75 Å². The van der Waals surface area contributed by atoms with Crippen molar-refractivity contribution < 1.29 is 22.7 Å². The summed E-state index contributed by atoms with van der Waals surface area (Å²) in [5, 5.41) is 2.77. The van der Waals surface area contributed by atoms with E-state index in [0.29, 0.717) is 43.2 Å². The second-order valence-corrected chi connectivity index (χ2v) is 8.72. The summed E-state index contributed by atoms with van der Waals surface area (Å²) in [4.78, 5) is 12.8. The van der Waals surface area contributed by atoms with Gasteiger partial charge in [0.15, 0.2) is 0 Å². The lowest BCUT2D eigenvalue weighted by molar-refractivity contribution is 0.101. The van der Waals surface area contributed by atoms with Crippen molar-refractivity contribution in [3.05, 3.63) is 90.0 Å². The number of hydrogen-bond donors (Lipinski definition) is 2. The first-order valence-corrected chi connectivity index (χ1v) is 11.6. The smallest absolute Gasteiger partial charge is 0.259 e. The lowest BCUT2D eigenvalue weighted by Gasteiger charge is -2.12. The molecule has 8 heteroatoms. The summed E-state index contributed by atoms with van der Waals surface area (Å²) >= 11 is 0. The maximum atomic E-state index is 12.7. The van der Waals surface area contributed by atoms with E-state index in [1.54, 1.807) is 43.5 Å². The second kappa shape index (κ2) is 11.4. The fraction of sp³-hybridized carbons (Fsp3) is 0.208. The summed E-state index contributed by atoms with van der Waals surface area (Å²) in [6.45, 7) is 1.03. The summed E-state index contributed by atoms with van der Waals surface area (Å²) < 4.78 is 38.2. The van der Waals surface area contributed by atoms with Crippen LogP contribution in [0.25, 0.3) is 0 Å². The van der Waals surface area contributed by atoms with E-state index in [2.05, 4.69) is 10.0 Å². The lowest BCUT2D eigenvalue weighted by atomic mass is 10.2. The fourth-order valence-corrected chi connectivity index (χ4v) is 4.02. The van der Waals surface area contributed by atoms with Crippen LogP contribution in [-0.4, -0.2) is 41.2 Å². The molecule has 0 aliphatic rings. The highest BCUT2D eigenvalue weighted by Gasteiger charge is 2.15.